The van der Waals surface area contributed by atoms with Gasteiger partial charge in [0.25, 0.3) is 5.91 Å². The molecule has 6 nitrogen and oxygen atoms in total. The second-order valence-corrected chi connectivity index (χ2v) is 7.36. The lowest BCUT2D eigenvalue weighted by atomic mass is 10.1. The third kappa shape index (κ3) is 4.37. The van der Waals surface area contributed by atoms with Crippen LogP contribution in [0.4, 0.5) is 17.2 Å². The number of amides is 1. The first-order valence-corrected chi connectivity index (χ1v) is 9.87. The Morgan fingerprint density at radius 1 is 0.862 bits per heavy atom. The Balaban J connectivity index is 1.37. The van der Waals surface area contributed by atoms with Crippen LogP contribution in [0.1, 0.15) is 21.6 Å². The topological polar surface area (TPSA) is 61.4 Å². The average molecular weight is 387 g/mol. The van der Waals surface area contributed by atoms with Crippen LogP contribution in [0.5, 0.6) is 0 Å². The van der Waals surface area contributed by atoms with Gasteiger partial charge in [-0.05, 0) is 49.7 Å². The van der Waals surface area contributed by atoms with Crippen molar-refractivity contribution >= 4 is 23.1 Å². The van der Waals surface area contributed by atoms with E-state index in [1.165, 1.54) is 5.69 Å². The van der Waals surface area contributed by atoms with Crippen LogP contribution in [0.2, 0.25) is 0 Å². The molecule has 1 aliphatic rings. The van der Waals surface area contributed by atoms with Crippen LogP contribution in [-0.2, 0) is 0 Å². The van der Waals surface area contributed by atoms with Crippen LogP contribution in [-0.4, -0.2) is 42.3 Å². The van der Waals surface area contributed by atoms with Gasteiger partial charge < -0.3 is 15.1 Å². The molecular weight excluding hydrogens is 362 g/mol. The number of benzene rings is 2. The molecule has 148 valence electrons. The van der Waals surface area contributed by atoms with E-state index in [1.807, 2.05) is 44.2 Å². The minimum absolute atomic E-state index is 0.245. The first-order valence-electron chi connectivity index (χ1n) is 9.87. The van der Waals surface area contributed by atoms with Gasteiger partial charge in [-0.15, -0.1) is 10.2 Å². The van der Waals surface area contributed by atoms with Crippen molar-refractivity contribution in [3.05, 3.63) is 77.5 Å². The van der Waals surface area contributed by atoms with Crippen LogP contribution in [0.15, 0.2) is 60.7 Å². The molecule has 1 saturated heterocycles. The Labute approximate surface area is 171 Å². The van der Waals surface area contributed by atoms with E-state index in [2.05, 4.69) is 49.6 Å². The lowest BCUT2D eigenvalue weighted by Gasteiger charge is -2.36. The standard InChI is InChI=1S/C23H25N5O/c1-17-8-9-20(18(2)16-17)24-23(29)21-10-11-22(26-25-21)28-14-12-27(13-15-28)19-6-4-3-5-7-19/h3-11,16H,12-15H2,1-2H3,(H,24,29). The lowest BCUT2D eigenvalue weighted by molar-refractivity contribution is 0.102. The summed E-state index contributed by atoms with van der Waals surface area (Å²) in [5, 5.41) is 11.4. The summed E-state index contributed by atoms with van der Waals surface area (Å²) in [6, 6.07) is 20.0. The predicted octanol–water partition coefficient (Wildman–Crippen LogP) is 3.67. The number of anilines is 3. The van der Waals surface area contributed by atoms with Gasteiger partial charge in [0.15, 0.2) is 11.5 Å². The maximum atomic E-state index is 12.5. The molecule has 4 rings (SSSR count). The van der Waals surface area contributed by atoms with Crippen molar-refractivity contribution in [3.63, 3.8) is 0 Å². The van der Waals surface area contributed by atoms with E-state index in [9.17, 15) is 4.79 Å². The zero-order valence-electron chi connectivity index (χ0n) is 16.8. The van der Waals surface area contributed by atoms with E-state index < -0.39 is 0 Å². The number of carbonyl (C=O) groups excluding carboxylic acids is 1. The fourth-order valence-electron chi connectivity index (χ4n) is 3.59. The molecule has 3 aromatic rings. The monoisotopic (exact) mass is 387 g/mol. The van der Waals surface area contributed by atoms with Gasteiger partial charge in [0, 0.05) is 37.6 Å². The SMILES string of the molecule is Cc1ccc(NC(=O)c2ccc(N3CCN(c4ccccc4)CC3)nn2)c(C)c1. The van der Waals surface area contributed by atoms with E-state index in [1.54, 1.807) is 6.07 Å². The number of nitrogens with zero attached hydrogens (tertiary/aromatic N) is 4. The first-order chi connectivity index (χ1) is 14.1. The smallest absolute Gasteiger partial charge is 0.276 e. The highest BCUT2D eigenvalue weighted by molar-refractivity contribution is 6.03. The molecule has 1 aromatic heterocycles. The Kier molecular flexibility index (Phi) is 5.42. The molecule has 0 aliphatic carbocycles. The third-order valence-corrected chi connectivity index (χ3v) is 5.24. The summed E-state index contributed by atoms with van der Waals surface area (Å²) in [5.41, 5.74) is 4.55. The number of carbonyl (C=O) groups is 1. The second-order valence-electron chi connectivity index (χ2n) is 7.36. The van der Waals surface area contributed by atoms with Gasteiger partial charge in [-0.3, -0.25) is 4.79 Å². The van der Waals surface area contributed by atoms with Crippen molar-refractivity contribution in [3.8, 4) is 0 Å². The highest BCUT2D eigenvalue weighted by Gasteiger charge is 2.19. The van der Waals surface area contributed by atoms with Crippen molar-refractivity contribution in [1.29, 1.82) is 0 Å². The zero-order chi connectivity index (χ0) is 20.2. The fraction of sp³-hybridized carbons (Fsp3) is 0.261. The summed E-state index contributed by atoms with van der Waals surface area (Å²) < 4.78 is 0. The molecule has 29 heavy (non-hydrogen) atoms. The van der Waals surface area contributed by atoms with Gasteiger partial charge in [0.05, 0.1) is 0 Å². The number of nitrogens with one attached hydrogen (secondary N) is 1. The fourth-order valence-corrected chi connectivity index (χ4v) is 3.59. The quantitative estimate of drug-likeness (QED) is 0.740. The summed E-state index contributed by atoms with van der Waals surface area (Å²) in [7, 11) is 0. The lowest BCUT2D eigenvalue weighted by Crippen LogP contribution is -2.46. The maximum Gasteiger partial charge on any atom is 0.276 e. The van der Waals surface area contributed by atoms with Crippen LogP contribution in [0, 0.1) is 13.8 Å². The Bertz CT molecular complexity index is 980. The maximum absolute atomic E-state index is 12.5. The van der Waals surface area contributed by atoms with Crippen LogP contribution in [0.25, 0.3) is 0 Å². The third-order valence-electron chi connectivity index (χ3n) is 5.24. The molecule has 0 atom stereocenters. The largest absolute Gasteiger partial charge is 0.368 e. The van der Waals surface area contributed by atoms with E-state index >= 15 is 0 Å². The normalized spacial score (nSPS) is 14.0. The van der Waals surface area contributed by atoms with Crippen molar-refractivity contribution in [1.82, 2.24) is 10.2 Å². The van der Waals surface area contributed by atoms with Crippen molar-refractivity contribution < 1.29 is 4.79 Å². The second kappa shape index (κ2) is 8.31. The van der Waals surface area contributed by atoms with Gasteiger partial charge in [0.1, 0.15) is 0 Å². The molecule has 1 fully saturated rings. The summed E-state index contributed by atoms with van der Waals surface area (Å²) >= 11 is 0. The Hall–Kier alpha value is -3.41. The number of aryl methyl sites for hydroxylation is 2. The summed E-state index contributed by atoms with van der Waals surface area (Å²) in [5.74, 6) is 0.561. The van der Waals surface area contributed by atoms with Crippen molar-refractivity contribution in [2.45, 2.75) is 13.8 Å². The van der Waals surface area contributed by atoms with E-state index in [-0.39, 0.29) is 5.91 Å². The molecule has 1 amide bonds. The molecule has 0 radical (unpaired) electrons. The van der Waals surface area contributed by atoms with Crippen LogP contribution in [0.3, 0.4) is 0 Å². The summed E-state index contributed by atoms with van der Waals surface area (Å²) in [6.07, 6.45) is 0. The zero-order valence-corrected chi connectivity index (χ0v) is 16.8. The molecule has 0 spiro atoms. The number of aromatic nitrogens is 2. The number of piperazine rings is 1. The summed E-state index contributed by atoms with van der Waals surface area (Å²) in [4.78, 5) is 17.1. The minimum atomic E-state index is -0.245. The highest BCUT2D eigenvalue weighted by Crippen LogP contribution is 2.20. The minimum Gasteiger partial charge on any atom is -0.368 e. The molecule has 0 bridgehead atoms. The van der Waals surface area contributed by atoms with Gasteiger partial charge in [-0.2, -0.15) is 0 Å². The molecule has 0 saturated carbocycles. The highest BCUT2D eigenvalue weighted by atomic mass is 16.1. The first kappa shape index (κ1) is 18.9. The number of para-hydroxylation sites is 1. The Morgan fingerprint density at radius 2 is 1.59 bits per heavy atom. The molecule has 1 N–H and O–H groups in total. The molecule has 0 unspecified atom stereocenters. The van der Waals surface area contributed by atoms with E-state index in [4.69, 9.17) is 0 Å². The molecule has 2 aromatic carbocycles. The van der Waals surface area contributed by atoms with Gasteiger partial charge in [0.2, 0.25) is 0 Å². The molecule has 1 aliphatic heterocycles. The van der Waals surface area contributed by atoms with Crippen molar-refractivity contribution in [2.75, 3.05) is 41.3 Å². The number of hydrogen-bond acceptors (Lipinski definition) is 5. The molecular formula is C23H25N5O. The van der Waals surface area contributed by atoms with Crippen LogP contribution < -0.4 is 15.1 Å². The van der Waals surface area contributed by atoms with Gasteiger partial charge in [-0.1, -0.05) is 35.9 Å². The van der Waals surface area contributed by atoms with Gasteiger partial charge >= 0.3 is 0 Å². The average Bonchev–Trinajstić information content (AvgIpc) is 2.76. The summed E-state index contributed by atoms with van der Waals surface area (Å²) in [6.45, 7) is 7.62. The van der Waals surface area contributed by atoms with Gasteiger partial charge in [-0.25, -0.2) is 0 Å². The Morgan fingerprint density at radius 3 is 2.24 bits per heavy atom. The molecule has 2 heterocycles. The molecule has 6 heteroatoms. The van der Waals surface area contributed by atoms with Crippen LogP contribution >= 0.6 is 0 Å². The number of hydrogen-bond donors (Lipinski definition) is 1. The van der Waals surface area contributed by atoms with Crippen molar-refractivity contribution in [2.24, 2.45) is 0 Å². The van der Waals surface area contributed by atoms with E-state index in [0.29, 0.717) is 5.69 Å². The number of rotatable bonds is 4. The predicted molar refractivity (Wildman–Crippen MR) is 117 cm³/mol. The van der Waals surface area contributed by atoms with E-state index in [0.717, 1.165) is 48.8 Å².